The second kappa shape index (κ2) is 7.75. The molecule has 0 bridgehead atoms. The monoisotopic (exact) mass is 267 g/mol. The molecule has 0 saturated carbocycles. The van der Waals surface area contributed by atoms with Gasteiger partial charge in [-0.2, -0.15) is 0 Å². The van der Waals surface area contributed by atoms with E-state index >= 15 is 0 Å². The molecule has 3 nitrogen and oxygen atoms in total. The summed E-state index contributed by atoms with van der Waals surface area (Å²) in [5.74, 6) is 5.60. The SMILES string of the molecule is COC(=O)CSCc1cc(F)cc(C#CCN)c1. The summed E-state index contributed by atoms with van der Waals surface area (Å²) in [7, 11) is 1.34. The van der Waals surface area contributed by atoms with Gasteiger partial charge in [0.15, 0.2) is 0 Å². The van der Waals surface area contributed by atoms with E-state index in [4.69, 9.17) is 5.73 Å². The van der Waals surface area contributed by atoms with Gasteiger partial charge in [0.05, 0.1) is 19.4 Å². The standard InChI is InChI=1S/C13H14FNO2S/c1-17-13(16)9-18-8-11-5-10(3-2-4-15)6-12(14)7-11/h5-7H,4,8-9,15H2,1H3. The number of carbonyl (C=O) groups excluding carboxylic acids is 1. The number of benzene rings is 1. The van der Waals surface area contributed by atoms with Crippen LogP contribution in [0.15, 0.2) is 18.2 Å². The van der Waals surface area contributed by atoms with Gasteiger partial charge in [0, 0.05) is 11.3 Å². The molecule has 0 aliphatic carbocycles. The maximum atomic E-state index is 13.3. The van der Waals surface area contributed by atoms with Crippen molar-refractivity contribution < 1.29 is 13.9 Å². The van der Waals surface area contributed by atoms with Crippen LogP contribution in [0.4, 0.5) is 4.39 Å². The van der Waals surface area contributed by atoms with Gasteiger partial charge < -0.3 is 10.5 Å². The molecule has 0 unspecified atom stereocenters. The van der Waals surface area contributed by atoms with Crippen LogP contribution in [0.1, 0.15) is 11.1 Å². The maximum Gasteiger partial charge on any atom is 0.315 e. The quantitative estimate of drug-likeness (QED) is 0.664. The van der Waals surface area contributed by atoms with Gasteiger partial charge in [0.2, 0.25) is 0 Å². The summed E-state index contributed by atoms with van der Waals surface area (Å²) in [6.45, 7) is 0.239. The Morgan fingerprint density at radius 3 is 2.94 bits per heavy atom. The Kier molecular flexibility index (Phi) is 6.26. The molecule has 0 spiro atoms. The second-order valence-electron chi connectivity index (χ2n) is 3.42. The molecule has 0 heterocycles. The number of hydrogen-bond donors (Lipinski definition) is 1. The highest BCUT2D eigenvalue weighted by Crippen LogP contribution is 2.15. The van der Waals surface area contributed by atoms with Crippen LogP contribution < -0.4 is 5.73 Å². The minimum absolute atomic E-state index is 0.239. The first kappa shape index (κ1) is 14.6. The fraction of sp³-hybridized carbons (Fsp3) is 0.308. The Bertz CT molecular complexity index is 480. The molecule has 0 radical (unpaired) electrons. The average molecular weight is 267 g/mol. The minimum Gasteiger partial charge on any atom is -0.468 e. The lowest BCUT2D eigenvalue weighted by Gasteiger charge is -2.02. The van der Waals surface area contributed by atoms with E-state index in [1.54, 1.807) is 6.07 Å². The molecule has 1 aromatic carbocycles. The predicted molar refractivity (Wildman–Crippen MR) is 70.5 cm³/mol. The summed E-state index contributed by atoms with van der Waals surface area (Å²) in [4.78, 5) is 10.9. The second-order valence-corrected chi connectivity index (χ2v) is 4.41. The lowest BCUT2D eigenvalue weighted by atomic mass is 10.1. The van der Waals surface area contributed by atoms with Crippen LogP contribution in [-0.2, 0) is 15.3 Å². The van der Waals surface area contributed by atoms with Crippen molar-refractivity contribution in [2.45, 2.75) is 5.75 Å². The fourth-order valence-electron chi connectivity index (χ4n) is 1.27. The molecule has 0 atom stereocenters. The zero-order valence-electron chi connectivity index (χ0n) is 10.0. The molecule has 0 fully saturated rings. The highest BCUT2D eigenvalue weighted by molar-refractivity contribution is 7.99. The van der Waals surface area contributed by atoms with Crippen molar-refractivity contribution >= 4 is 17.7 Å². The summed E-state index contributed by atoms with van der Waals surface area (Å²) in [6, 6.07) is 4.57. The number of thioether (sulfide) groups is 1. The third-order valence-corrected chi connectivity index (χ3v) is 2.99. The third-order valence-electron chi connectivity index (χ3n) is 2.01. The number of rotatable bonds is 4. The molecule has 0 aliphatic rings. The summed E-state index contributed by atoms with van der Waals surface area (Å²) in [6.07, 6.45) is 0. The van der Waals surface area contributed by atoms with Crippen LogP contribution >= 0.6 is 11.8 Å². The van der Waals surface area contributed by atoms with E-state index in [0.717, 1.165) is 5.56 Å². The van der Waals surface area contributed by atoms with E-state index in [1.807, 2.05) is 0 Å². The highest BCUT2D eigenvalue weighted by atomic mass is 32.2. The summed E-state index contributed by atoms with van der Waals surface area (Å²) >= 11 is 1.37. The van der Waals surface area contributed by atoms with Gasteiger partial charge in [-0.05, 0) is 23.8 Å². The first-order valence-corrected chi connectivity index (χ1v) is 6.44. The van der Waals surface area contributed by atoms with Crippen molar-refractivity contribution in [2.75, 3.05) is 19.4 Å². The van der Waals surface area contributed by atoms with E-state index < -0.39 is 0 Å². The summed E-state index contributed by atoms with van der Waals surface area (Å²) in [5.41, 5.74) is 6.63. The molecule has 2 N–H and O–H groups in total. The van der Waals surface area contributed by atoms with Gasteiger partial charge in [-0.1, -0.05) is 11.8 Å². The Balaban J connectivity index is 2.65. The van der Waals surface area contributed by atoms with Crippen molar-refractivity contribution in [1.29, 1.82) is 0 Å². The Morgan fingerprint density at radius 1 is 1.50 bits per heavy atom. The van der Waals surface area contributed by atoms with Gasteiger partial charge in [0.1, 0.15) is 5.82 Å². The smallest absolute Gasteiger partial charge is 0.315 e. The lowest BCUT2D eigenvalue weighted by Crippen LogP contribution is -2.03. The van der Waals surface area contributed by atoms with Crippen LogP contribution in [0.25, 0.3) is 0 Å². The van der Waals surface area contributed by atoms with Crippen molar-refractivity contribution in [2.24, 2.45) is 5.73 Å². The van der Waals surface area contributed by atoms with Crippen LogP contribution in [0, 0.1) is 17.7 Å². The Morgan fingerprint density at radius 2 is 2.28 bits per heavy atom. The van der Waals surface area contributed by atoms with Crippen molar-refractivity contribution in [3.8, 4) is 11.8 Å². The third kappa shape index (κ3) is 5.21. The van der Waals surface area contributed by atoms with Crippen LogP contribution in [0.3, 0.4) is 0 Å². The lowest BCUT2D eigenvalue weighted by molar-refractivity contribution is -0.137. The zero-order chi connectivity index (χ0) is 13.4. The number of methoxy groups -OCH3 is 1. The summed E-state index contributed by atoms with van der Waals surface area (Å²) in [5, 5.41) is 0. The van der Waals surface area contributed by atoms with E-state index in [-0.39, 0.29) is 24.1 Å². The molecule has 18 heavy (non-hydrogen) atoms. The summed E-state index contributed by atoms with van der Waals surface area (Å²) < 4.78 is 17.8. The molecule has 0 saturated heterocycles. The number of halogens is 1. The minimum atomic E-state index is -0.340. The number of carbonyl (C=O) groups is 1. The van der Waals surface area contributed by atoms with E-state index in [2.05, 4.69) is 16.6 Å². The normalized spacial score (nSPS) is 9.50. The van der Waals surface area contributed by atoms with E-state index in [9.17, 15) is 9.18 Å². The van der Waals surface area contributed by atoms with Gasteiger partial charge in [0.25, 0.3) is 0 Å². The topological polar surface area (TPSA) is 52.3 Å². The average Bonchev–Trinajstić information content (AvgIpc) is 2.35. The molecule has 1 rings (SSSR count). The molecule has 1 aromatic rings. The first-order chi connectivity index (χ1) is 8.65. The Hall–Kier alpha value is -1.51. The maximum absolute atomic E-state index is 13.3. The molecular formula is C13H14FNO2S. The van der Waals surface area contributed by atoms with Gasteiger partial charge in [-0.15, -0.1) is 11.8 Å². The Labute approximate surface area is 110 Å². The zero-order valence-corrected chi connectivity index (χ0v) is 10.8. The predicted octanol–water partition coefficient (Wildman–Crippen LogP) is 1.54. The number of esters is 1. The fourth-order valence-corrected chi connectivity index (χ4v) is 2.06. The van der Waals surface area contributed by atoms with Crippen molar-refractivity contribution in [3.05, 3.63) is 35.1 Å². The van der Waals surface area contributed by atoms with Crippen LogP contribution in [0.5, 0.6) is 0 Å². The number of nitrogens with two attached hydrogens (primary N) is 1. The van der Waals surface area contributed by atoms with Crippen molar-refractivity contribution in [3.63, 3.8) is 0 Å². The molecular weight excluding hydrogens is 253 g/mol. The van der Waals surface area contributed by atoms with Gasteiger partial charge in [-0.25, -0.2) is 4.39 Å². The molecule has 0 aliphatic heterocycles. The highest BCUT2D eigenvalue weighted by Gasteiger charge is 2.03. The molecule has 96 valence electrons. The van der Waals surface area contributed by atoms with Gasteiger partial charge in [-0.3, -0.25) is 4.79 Å². The first-order valence-electron chi connectivity index (χ1n) is 5.28. The molecule has 0 aromatic heterocycles. The van der Waals surface area contributed by atoms with Crippen molar-refractivity contribution in [1.82, 2.24) is 0 Å². The largest absolute Gasteiger partial charge is 0.468 e. The van der Waals surface area contributed by atoms with Crippen LogP contribution in [-0.4, -0.2) is 25.4 Å². The van der Waals surface area contributed by atoms with Gasteiger partial charge >= 0.3 is 5.97 Å². The van der Waals surface area contributed by atoms with E-state index in [1.165, 1.54) is 31.0 Å². The molecule has 0 amide bonds. The van der Waals surface area contributed by atoms with E-state index in [0.29, 0.717) is 11.3 Å². The molecule has 5 heteroatoms. The number of hydrogen-bond acceptors (Lipinski definition) is 4. The number of ether oxygens (including phenoxy) is 1. The van der Waals surface area contributed by atoms with Crippen LogP contribution in [0.2, 0.25) is 0 Å².